The van der Waals surface area contributed by atoms with Crippen LogP contribution in [0.25, 0.3) is 22.4 Å². The molecule has 0 saturated heterocycles. The first kappa shape index (κ1) is 24.2. The number of nitrogens with zero attached hydrogens (tertiary/aromatic N) is 2. The molecule has 1 aromatic heterocycles. The van der Waals surface area contributed by atoms with Crippen LogP contribution in [-0.2, 0) is 0 Å². The van der Waals surface area contributed by atoms with Crippen molar-refractivity contribution in [2.75, 3.05) is 5.32 Å². The van der Waals surface area contributed by atoms with Crippen molar-refractivity contribution in [3.63, 3.8) is 0 Å². The van der Waals surface area contributed by atoms with Crippen molar-refractivity contribution < 1.29 is 14.5 Å². The molecule has 0 radical (unpaired) electrons. The molecule has 37 heavy (non-hydrogen) atoms. The zero-order valence-electron chi connectivity index (χ0n) is 20.2. The summed E-state index contributed by atoms with van der Waals surface area (Å²) in [4.78, 5) is 43.5. The lowest BCUT2D eigenvalue weighted by atomic mass is 10.1. The zero-order chi connectivity index (χ0) is 25.8. The van der Waals surface area contributed by atoms with E-state index in [1.807, 2.05) is 24.3 Å². The van der Waals surface area contributed by atoms with Crippen molar-refractivity contribution in [1.29, 1.82) is 0 Å². The number of nitro groups is 1. The van der Waals surface area contributed by atoms with E-state index in [0.29, 0.717) is 28.2 Å². The first-order valence-electron chi connectivity index (χ1n) is 12.4. The SMILES string of the molecule is O=C(Nc1ccc(-c2nc3cc(C(=O)NC4CCCCCC4)ccc3[nH]2)cc1)c1ccc([N+](=O)[O-])cc1. The standard InChI is InChI=1S/C28H27N5O4/c34-27(19-9-14-23(15-10-19)33(36)37)30-22-12-7-18(8-13-22)26-31-24-16-11-20(17-25(24)32-26)28(35)29-21-5-3-1-2-4-6-21/h7-17,21H,1-6H2,(H,29,35)(H,30,34)(H,31,32). The predicted octanol–water partition coefficient (Wildman–Crippen LogP) is 5.84. The molecule has 2 amide bonds. The van der Waals surface area contributed by atoms with Gasteiger partial charge in [0, 0.05) is 40.6 Å². The van der Waals surface area contributed by atoms with E-state index in [-0.39, 0.29) is 23.5 Å². The van der Waals surface area contributed by atoms with E-state index in [0.717, 1.165) is 36.8 Å². The summed E-state index contributed by atoms with van der Waals surface area (Å²) in [7, 11) is 0. The molecule has 5 rings (SSSR count). The summed E-state index contributed by atoms with van der Waals surface area (Å²) in [6, 6.07) is 18.3. The largest absolute Gasteiger partial charge is 0.349 e. The highest BCUT2D eigenvalue weighted by molar-refractivity contribution is 6.04. The van der Waals surface area contributed by atoms with Gasteiger partial charge in [0.05, 0.1) is 16.0 Å². The van der Waals surface area contributed by atoms with Crippen molar-refractivity contribution in [1.82, 2.24) is 15.3 Å². The smallest absolute Gasteiger partial charge is 0.269 e. The third-order valence-corrected chi connectivity index (χ3v) is 6.69. The minimum absolute atomic E-state index is 0.0635. The van der Waals surface area contributed by atoms with Gasteiger partial charge in [-0.05, 0) is 67.4 Å². The number of benzene rings is 3. The Morgan fingerprint density at radius 1 is 0.865 bits per heavy atom. The van der Waals surface area contributed by atoms with Gasteiger partial charge in [0.1, 0.15) is 5.82 Å². The molecule has 1 saturated carbocycles. The van der Waals surface area contributed by atoms with Crippen LogP contribution < -0.4 is 10.6 Å². The lowest BCUT2D eigenvalue weighted by Crippen LogP contribution is -2.34. The Labute approximate surface area is 213 Å². The van der Waals surface area contributed by atoms with Crippen LogP contribution in [0.3, 0.4) is 0 Å². The van der Waals surface area contributed by atoms with Gasteiger partial charge in [0.15, 0.2) is 0 Å². The van der Waals surface area contributed by atoms with E-state index in [1.165, 1.54) is 37.1 Å². The van der Waals surface area contributed by atoms with Gasteiger partial charge in [-0.1, -0.05) is 25.7 Å². The van der Waals surface area contributed by atoms with Crippen molar-refractivity contribution in [3.8, 4) is 11.4 Å². The van der Waals surface area contributed by atoms with Crippen LogP contribution in [0.1, 0.15) is 59.2 Å². The van der Waals surface area contributed by atoms with E-state index in [4.69, 9.17) is 0 Å². The Morgan fingerprint density at radius 3 is 2.22 bits per heavy atom. The fourth-order valence-electron chi connectivity index (χ4n) is 4.63. The van der Waals surface area contributed by atoms with Gasteiger partial charge in [-0.3, -0.25) is 19.7 Å². The maximum absolute atomic E-state index is 12.8. The van der Waals surface area contributed by atoms with Gasteiger partial charge in [-0.15, -0.1) is 0 Å². The van der Waals surface area contributed by atoms with Crippen LogP contribution >= 0.6 is 0 Å². The maximum atomic E-state index is 12.8. The van der Waals surface area contributed by atoms with E-state index < -0.39 is 4.92 Å². The average molecular weight is 498 g/mol. The maximum Gasteiger partial charge on any atom is 0.269 e. The van der Waals surface area contributed by atoms with Crippen LogP contribution in [0.2, 0.25) is 0 Å². The summed E-state index contributed by atoms with van der Waals surface area (Å²) < 4.78 is 0. The fourth-order valence-corrected chi connectivity index (χ4v) is 4.63. The predicted molar refractivity (Wildman–Crippen MR) is 142 cm³/mol. The number of aromatic amines is 1. The zero-order valence-corrected chi connectivity index (χ0v) is 20.2. The number of carbonyl (C=O) groups excluding carboxylic acids is 2. The number of rotatable bonds is 6. The molecule has 1 aliphatic rings. The molecule has 0 unspecified atom stereocenters. The van der Waals surface area contributed by atoms with Crippen molar-refractivity contribution in [2.24, 2.45) is 0 Å². The van der Waals surface area contributed by atoms with Gasteiger partial charge < -0.3 is 15.6 Å². The third-order valence-electron chi connectivity index (χ3n) is 6.69. The number of hydrogen-bond donors (Lipinski definition) is 3. The second-order valence-electron chi connectivity index (χ2n) is 9.31. The van der Waals surface area contributed by atoms with E-state index in [9.17, 15) is 19.7 Å². The first-order valence-corrected chi connectivity index (χ1v) is 12.4. The number of imidazole rings is 1. The minimum Gasteiger partial charge on any atom is -0.349 e. The van der Waals surface area contributed by atoms with Crippen LogP contribution in [0, 0.1) is 10.1 Å². The molecule has 0 bridgehead atoms. The number of aromatic nitrogens is 2. The average Bonchev–Trinajstić information content (AvgIpc) is 3.17. The molecule has 0 aliphatic heterocycles. The Bertz CT molecular complexity index is 1440. The number of hydrogen-bond acceptors (Lipinski definition) is 5. The van der Waals surface area contributed by atoms with Gasteiger partial charge >= 0.3 is 0 Å². The molecule has 4 aromatic rings. The second-order valence-corrected chi connectivity index (χ2v) is 9.31. The van der Waals surface area contributed by atoms with Crippen LogP contribution in [0.5, 0.6) is 0 Å². The molecule has 0 spiro atoms. The lowest BCUT2D eigenvalue weighted by Gasteiger charge is -2.16. The third kappa shape index (κ3) is 5.66. The molecule has 9 nitrogen and oxygen atoms in total. The highest BCUT2D eigenvalue weighted by atomic mass is 16.6. The van der Waals surface area contributed by atoms with E-state index >= 15 is 0 Å². The number of H-pyrrole nitrogens is 1. The summed E-state index contributed by atoms with van der Waals surface area (Å²) in [6.07, 6.45) is 6.86. The number of nitro benzene ring substituents is 1. The highest BCUT2D eigenvalue weighted by Gasteiger charge is 2.17. The minimum atomic E-state index is -0.507. The molecule has 0 atom stereocenters. The fraction of sp³-hybridized carbons (Fsp3) is 0.250. The molecular formula is C28H27N5O4. The van der Waals surface area contributed by atoms with Gasteiger partial charge in [0.25, 0.3) is 17.5 Å². The summed E-state index contributed by atoms with van der Waals surface area (Å²) in [5, 5.41) is 16.8. The number of anilines is 1. The first-order chi connectivity index (χ1) is 18.0. The van der Waals surface area contributed by atoms with Gasteiger partial charge in [-0.2, -0.15) is 0 Å². The van der Waals surface area contributed by atoms with Gasteiger partial charge in [-0.25, -0.2) is 4.98 Å². The van der Waals surface area contributed by atoms with E-state index in [2.05, 4.69) is 20.6 Å². The molecule has 188 valence electrons. The number of non-ortho nitro benzene ring substituents is 1. The quantitative estimate of drug-likeness (QED) is 0.175. The molecule has 9 heteroatoms. The number of carbonyl (C=O) groups is 2. The van der Waals surface area contributed by atoms with Gasteiger partial charge in [0.2, 0.25) is 0 Å². The summed E-state index contributed by atoms with van der Waals surface area (Å²) in [5.74, 6) is 0.233. The topological polar surface area (TPSA) is 130 Å². The Kier molecular flexibility index (Phi) is 6.93. The number of nitrogens with one attached hydrogen (secondary N) is 3. The highest BCUT2D eigenvalue weighted by Crippen LogP contribution is 2.24. The Hall–Kier alpha value is -4.53. The normalized spacial score (nSPS) is 14.2. The van der Waals surface area contributed by atoms with Crippen molar-refractivity contribution in [2.45, 2.75) is 44.6 Å². The summed E-state index contributed by atoms with van der Waals surface area (Å²) in [6.45, 7) is 0. The number of amides is 2. The number of fused-ring (bicyclic) bond motifs is 1. The lowest BCUT2D eigenvalue weighted by molar-refractivity contribution is -0.384. The summed E-state index contributed by atoms with van der Waals surface area (Å²) >= 11 is 0. The Morgan fingerprint density at radius 2 is 1.54 bits per heavy atom. The molecular weight excluding hydrogens is 470 g/mol. The van der Waals surface area contributed by atoms with Crippen LogP contribution in [0.4, 0.5) is 11.4 Å². The van der Waals surface area contributed by atoms with Crippen molar-refractivity contribution in [3.05, 3.63) is 88.0 Å². The second kappa shape index (κ2) is 10.6. The van der Waals surface area contributed by atoms with E-state index in [1.54, 1.807) is 18.2 Å². The van der Waals surface area contributed by atoms with Crippen LogP contribution in [-0.4, -0.2) is 32.7 Å². The molecule has 1 aliphatic carbocycles. The van der Waals surface area contributed by atoms with Crippen LogP contribution in [0.15, 0.2) is 66.7 Å². The molecule has 3 N–H and O–H groups in total. The molecule has 1 heterocycles. The summed E-state index contributed by atoms with van der Waals surface area (Å²) in [5.41, 5.74) is 3.80. The van der Waals surface area contributed by atoms with Crippen molar-refractivity contribution >= 4 is 34.2 Å². The monoisotopic (exact) mass is 497 g/mol. The molecule has 3 aromatic carbocycles. The Balaban J connectivity index is 1.26. The molecule has 1 fully saturated rings.